The normalized spacial score (nSPS) is 56.8. The Labute approximate surface area is 87.7 Å². The first kappa shape index (κ1) is 12.8. The van der Waals surface area contributed by atoms with Gasteiger partial charge >= 0.3 is 0 Å². The maximum Gasteiger partial charge on any atom is 0.187 e. The SMILES string of the molecule is C[C@]1(O)[C@@](C)(O)[C@H](CO)O[C@H](O)[C@]1(C)O. The van der Waals surface area contributed by atoms with Crippen LogP contribution in [0.25, 0.3) is 0 Å². The molecule has 6 nitrogen and oxygen atoms in total. The third kappa shape index (κ3) is 1.49. The van der Waals surface area contributed by atoms with Gasteiger partial charge in [0.2, 0.25) is 0 Å². The van der Waals surface area contributed by atoms with E-state index in [2.05, 4.69) is 0 Å². The molecule has 0 aromatic carbocycles. The van der Waals surface area contributed by atoms with Crippen molar-refractivity contribution in [2.24, 2.45) is 0 Å². The van der Waals surface area contributed by atoms with Gasteiger partial charge in [0.15, 0.2) is 6.29 Å². The van der Waals surface area contributed by atoms with Gasteiger partial charge in [-0.3, -0.25) is 0 Å². The zero-order chi connectivity index (χ0) is 12.1. The first-order valence-corrected chi connectivity index (χ1v) is 4.70. The van der Waals surface area contributed by atoms with Gasteiger partial charge < -0.3 is 30.3 Å². The highest BCUT2D eigenvalue weighted by molar-refractivity contribution is 5.13. The smallest absolute Gasteiger partial charge is 0.187 e. The molecule has 5 N–H and O–H groups in total. The van der Waals surface area contributed by atoms with Crippen molar-refractivity contribution >= 4 is 0 Å². The molecule has 1 heterocycles. The quantitative estimate of drug-likeness (QED) is 0.349. The monoisotopic (exact) mass is 222 g/mol. The van der Waals surface area contributed by atoms with E-state index in [-0.39, 0.29) is 0 Å². The first-order chi connectivity index (χ1) is 6.59. The molecule has 90 valence electrons. The van der Waals surface area contributed by atoms with Crippen LogP contribution in [0.15, 0.2) is 0 Å². The van der Waals surface area contributed by atoms with E-state index in [0.29, 0.717) is 0 Å². The van der Waals surface area contributed by atoms with Crippen LogP contribution >= 0.6 is 0 Å². The standard InChI is InChI=1S/C9H18O6/c1-7(12)5(4-10)15-6(11)8(2,13)9(7,3)14/h5-6,10-14H,4H2,1-3H3/t5-,6-,7-,8-,9-/m0/s1. The number of rotatable bonds is 1. The van der Waals surface area contributed by atoms with Crippen molar-refractivity contribution in [3.63, 3.8) is 0 Å². The van der Waals surface area contributed by atoms with Crippen molar-refractivity contribution in [3.8, 4) is 0 Å². The highest BCUT2D eigenvalue weighted by atomic mass is 16.6. The molecule has 0 bridgehead atoms. The summed E-state index contributed by atoms with van der Waals surface area (Å²) in [5.41, 5.74) is -5.91. The molecule has 0 saturated carbocycles. The zero-order valence-electron chi connectivity index (χ0n) is 9.01. The maximum atomic E-state index is 10.1. The van der Waals surface area contributed by atoms with Crippen LogP contribution in [0.2, 0.25) is 0 Å². The van der Waals surface area contributed by atoms with E-state index in [1.54, 1.807) is 0 Å². The molecule has 6 heteroatoms. The van der Waals surface area contributed by atoms with E-state index in [9.17, 15) is 20.4 Å². The van der Waals surface area contributed by atoms with Crippen LogP contribution in [0, 0.1) is 0 Å². The minimum atomic E-state index is -2.03. The Balaban J connectivity index is 3.16. The van der Waals surface area contributed by atoms with E-state index >= 15 is 0 Å². The highest BCUT2D eigenvalue weighted by Gasteiger charge is 2.65. The number of hydrogen-bond donors (Lipinski definition) is 5. The highest BCUT2D eigenvalue weighted by Crippen LogP contribution is 2.43. The van der Waals surface area contributed by atoms with Crippen molar-refractivity contribution < 1.29 is 30.3 Å². The summed E-state index contributed by atoms with van der Waals surface area (Å²) < 4.78 is 4.85. The number of ether oxygens (including phenoxy) is 1. The molecule has 0 aromatic rings. The second-order valence-corrected chi connectivity index (χ2v) is 4.53. The molecular weight excluding hydrogens is 204 g/mol. The molecular formula is C9H18O6. The first-order valence-electron chi connectivity index (χ1n) is 4.70. The van der Waals surface area contributed by atoms with E-state index < -0.39 is 35.8 Å². The van der Waals surface area contributed by atoms with Gasteiger partial charge in [0, 0.05) is 0 Å². The summed E-state index contributed by atoms with van der Waals surface area (Å²) in [5.74, 6) is 0. The molecule has 15 heavy (non-hydrogen) atoms. The molecule has 1 fully saturated rings. The Bertz CT molecular complexity index is 247. The van der Waals surface area contributed by atoms with Crippen LogP contribution in [0.4, 0.5) is 0 Å². The Kier molecular flexibility index (Phi) is 2.89. The lowest BCUT2D eigenvalue weighted by atomic mass is 9.68. The van der Waals surface area contributed by atoms with Crippen molar-refractivity contribution in [1.82, 2.24) is 0 Å². The third-order valence-electron chi connectivity index (χ3n) is 3.54. The minimum Gasteiger partial charge on any atom is -0.394 e. The summed E-state index contributed by atoms with van der Waals surface area (Å²) in [5, 5.41) is 48.3. The molecule has 1 aliphatic heterocycles. The summed E-state index contributed by atoms with van der Waals surface area (Å²) in [6, 6.07) is 0. The van der Waals surface area contributed by atoms with Gasteiger partial charge in [0.25, 0.3) is 0 Å². The predicted molar refractivity (Wildman–Crippen MR) is 49.8 cm³/mol. The van der Waals surface area contributed by atoms with Gasteiger partial charge in [-0.25, -0.2) is 0 Å². The number of aliphatic hydroxyl groups excluding tert-OH is 2. The summed E-state index contributed by atoms with van der Waals surface area (Å²) in [6.07, 6.45) is -2.84. The maximum absolute atomic E-state index is 10.1. The van der Waals surface area contributed by atoms with E-state index in [1.807, 2.05) is 0 Å². The van der Waals surface area contributed by atoms with Crippen molar-refractivity contribution in [2.75, 3.05) is 6.61 Å². The molecule has 1 rings (SSSR count). The lowest BCUT2D eigenvalue weighted by Gasteiger charge is -2.56. The molecule has 0 spiro atoms. The predicted octanol–water partition coefficient (Wildman–Crippen LogP) is -2.05. The third-order valence-corrected chi connectivity index (χ3v) is 3.54. The van der Waals surface area contributed by atoms with Gasteiger partial charge in [-0.05, 0) is 20.8 Å². The zero-order valence-corrected chi connectivity index (χ0v) is 9.01. The second-order valence-electron chi connectivity index (χ2n) is 4.53. The Hall–Kier alpha value is -0.240. The summed E-state index contributed by atoms with van der Waals surface area (Å²) in [4.78, 5) is 0. The lowest BCUT2D eigenvalue weighted by Crippen LogP contribution is -2.77. The largest absolute Gasteiger partial charge is 0.394 e. The van der Waals surface area contributed by atoms with Gasteiger partial charge in [0.05, 0.1) is 6.61 Å². The lowest BCUT2D eigenvalue weighted by molar-refractivity contribution is -0.382. The average molecular weight is 222 g/mol. The van der Waals surface area contributed by atoms with Crippen LogP contribution in [0.3, 0.4) is 0 Å². The Morgan fingerprint density at radius 3 is 1.93 bits per heavy atom. The Morgan fingerprint density at radius 2 is 1.53 bits per heavy atom. The Morgan fingerprint density at radius 1 is 1.07 bits per heavy atom. The van der Waals surface area contributed by atoms with Crippen LogP contribution in [0.5, 0.6) is 0 Å². The van der Waals surface area contributed by atoms with E-state index in [1.165, 1.54) is 13.8 Å². The van der Waals surface area contributed by atoms with E-state index in [0.717, 1.165) is 6.92 Å². The summed E-state index contributed by atoms with van der Waals surface area (Å²) in [7, 11) is 0. The molecule has 0 aliphatic carbocycles. The topological polar surface area (TPSA) is 110 Å². The van der Waals surface area contributed by atoms with Crippen molar-refractivity contribution in [3.05, 3.63) is 0 Å². The molecule has 5 atom stereocenters. The summed E-state index contributed by atoms with van der Waals surface area (Å²) in [6.45, 7) is 2.99. The van der Waals surface area contributed by atoms with Crippen LogP contribution in [-0.2, 0) is 4.74 Å². The number of hydrogen-bond acceptors (Lipinski definition) is 6. The molecule has 0 unspecified atom stereocenters. The molecule has 1 saturated heterocycles. The van der Waals surface area contributed by atoms with Gasteiger partial charge in [0.1, 0.15) is 22.9 Å². The fourth-order valence-corrected chi connectivity index (χ4v) is 1.71. The van der Waals surface area contributed by atoms with Gasteiger partial charge in [-0.1, -0.05) is 0 Å². The molecule has 0 radical (unpaired) electrons. The van der Waals surface area contributed by atoms with E-state index in [4.69, 9.17) is 9.84 Å². The summed E-state index contributed by atoms with van der Waals surface area (Å²) >= 11 is 0. The van der Waals surface area contributed by atoms with Crippen molar-refractivity contribution in [2.45, 2.75) is 50.0 Å². The van der Waals surface area contributed by atoms with Gasteiger partial charge in [-0.2, -0.15) is 0 Å². The van der Waals surface area contributed by atoms with Crippen LogP contribution < -0.4 is 0 Å². The fraction of sp³-hybridized carbons (Fsp3) is 1.00. The van der Waals surface area contributed by atoms with Crippen LogP contribution in [-0.4, -0.2) is 61.3 Å². The molecule has 0 aromatic heterocycles. The van der Waals surface area contributed by atoms with Crippen molar-refractivity contribution in [1.29, 1.82) is 0 Å². The minimum absolute atomic E-state index is 0.573. The second kappa shape index (κ2) is 3.38. The fourth-order valence-electron chi connectivity index (χ4n) is 1.71. The van der Waals surface area contributed by atoms with Crippen LogP contribution in [0.1, 0.15) is 20.8 Å². The number of aliphatic hydroxyl groups is 5. The molecule has 1 aliphatic rings. The molecule has 0 amide bonds. The average Bonchev–Trinajstić information content (AvgIpc) is 2.10. The van der Waals surface area contributed by atoms with Gasteiger partial charge in [-0.15, -0.1) is 0 Å².